The Kier molecular flexibility index (Phi) is 7.39. The Hall–Kier alpha value is -2.78. The number of aromatic nitrogens is 2. The number of thiophene rings is 1. The summed E-state index contributed by atoms with van der Waals surface area (Å²) >= 11 is 2.87. The lowest BCUT2D eigenvalue weighted by Crippen LogP contribution is -2.24. The molecule has 0 saturated carbocycles. The zero-order valence-corrected chi connectivity index (χ0v) is 20.4. The molecule has 0 aliphatic heterocycles. The number of allylic oxidation sites excluding steroid dienone is 1. The van der Waals surface area contributed by atoms with E-state index in [4.69, 9.17) is 14.5 Å². The standard InChI is InChI=1S/C24H27N3O4S2/c1-4-10-27-23(29)21-18-8-6-5-7-9-19(18)33-22(21)26-24(27)32-14-20(28)25-15-11-16(30-2)13-17(12-15)31-3/h4,11-13H,1,5-10,14H2,2-3H3,(H,25,28). The summed E-state index contributed by atoms with van der Waals surface area (Å²) in [7, 11) is 3.11. The first-order valence-corrected chi connectivity index (χ1v) is 12.7. The maximum Gasteiger partial charge on any atom is 0.263 e. The van der Waals surface area contributed by atoms with Gasteiger partial charge in [-0.25, -0.2) is 4.98 Å². The molecule has 2 aromatic heterocycles. The van der Waals surface area contributed by atoms with E-state index in [1.54, 1.807) is 54.4 Å². The lowest BCUT2D eigenvalue weighted by molar-refractivity contribution is -0.113. The number of nitrogens with zero attached hydrogens (tertiary/aromatic N) is 2. The SMILES string of the molecule is C=CCn1c(SCC(=O)Nc2cc(OC)cc(OC)c2)nc2sc3c(c2c1=O)CCCCC3. The van der Waals surface area contributed by atoms with Crippen molar-refractivity contribution in [3.8, 4) is 11.5 Å². The molecule has 7 nitrogen and oxygen atoms in total. The van der Waals surface area contributed by atoms with E-state index in [0.29, 0.717) is 28.9 Å². The van der Waals surface area contributed by atoms with Gasteiger partial charge < -0.3 is 14.8 Å². The molecule has 9 heteroatoms. The molecule has 1 amide bonds. The van der Waals surface area contributed by atoms with E-state index in [2.05, 4.69) is 11.9 Å². The quantitative estimate of drug-likeness (QED) is 0.216. The third-order valence-electron chi connectivity index (χ3n) is 5.57. The van der Waals surface area contributed by atoms with E-state index in [0.717, 1.165) is 35.9 Å². The van der Waals surface area contributed by atoms with Crippen LogP contribution in [-0.4, -0.2) is 35.4 Å². The van der Waals surface area contributed by atoms with Gasteiger partial charge >= 0.3 is 0 Å². The molecule has 0 fully saturated rings. The predicted molar refractivity (Wildman–Crippen MR) is 134 cm³/mol. The highest BCUT2D eigenvalue weighted by Crippen LogP contribution is 2.34. The topological polar surface area (TPSA) is 82.5 Å². The lowest BCUT2D eigenvalue weighted by Gasteiger charge is -2.12. The number of carbonyl (C=O) groups excluding carboxylic acids is 1. The molecule has 0 bridgehead atoms. The summed E-state index contributed by atoms with van der Waals surface area (Å²) in [6, 6.07) is 5.18. The Morgan fingerprint density at radius 3 is 2.64 bits per heavy atom. The number of anilines is 1. The van der Waals surface area contributed by atoms with Crippen LogP contribution in [0.25, 0.3) is 10.2 Å². The van der Waals surface area contributed by atoms with E-state index >= 15 is 0 Å². The van der Waals surface area contributed by atoms with Crippen LogP contribution in [0.4, 0.5) is 5.69 Å². The minimum absolute atomic E-state index is 0.0419. The minimum atomic E-state index is -0.211. The predicted octanol–water partition coefficient (Wildman–Crippen LogP) is 4.66. The number of ether oxygens (including phenoxy) is 2. The van der Waals surface area contributed by atoms with Gasteiger partial charge in [-0.15, -0.1) is 17.9 Å². The summed E-state index contributed by atoms with van der Waals surface area (Å²) < 4.78 is 12.1. The van der Waals surface area contributed by atoms with Crippen LogP contribution in [0.3, 0.4) is 0 Å². The summed E-state index contributed by atoms with van der Waals surface area (Å²) in [5.41, 5.74) is 1.70. The van der Waals surface area contributed by atoms with Gasteiger partial charge in [-0.2, -0.15) is 0 Å². The summed E-state index contributed by atoms with van der Waals surface area (Å²) in [5, 5.41) is 4.14. The van der Waals surface area contributed by atoms with Gasteiger partial charge in [0.25, 0.3) is 5.56 Å². The molecular weight excluding hydrogens is 458 g/mol. The summed E-state index contributed by atoms with van der Waals surface area (Å²) in [6.45, 7) is 4.15. The largest absolute Gasteiger partial charge is 0.497 e. The van der Waals surface area contributed by atoms with Crippen LogP contribution in [0, 0.1) is 0 Å². The molecule has 1 aliphatic carbocycles. The van der Waals surface area contributed by atoms with Crippen molar-refractivity contribution >= 4 is 44.9 Å². The van der Waals surface area contributed by atoms with Crippen molar-refractivity contribution in [3.05, 3.63) is 51.6 Å². The van der Waals surface area contributed by atoms with Gasteiger partial charge in [-0.1, -0.05) is 24.3 Å². The third kappa shape index (κ3) is 5.09. The van der Waals surface area contributed by atoms with Gasteiger partial charge in [-0.3, -0.25) is 14.2 Å². The average Bonchev–Trinajstić information content (AvgIpc) is 3.00. The summed E-state index contributed by atoms with van der Waals surface area (Å²) in [6.07, 6.45) is 7.07. The summed E-state index contributed by atoms with van der Waals surface area (Å²) in [5.74, 6) is 1.07. The first-order valence-electron chi connectivity index (χ1n) is 10.9. The maximum absolute atomic E-state index is 13.4. The third-order valence-corrected chi connectivity index (χ3v) is 7.73. The number of aryl methyl sites for hydroxylation is 2. The van der Waals surface area contributed by atoms with Crippen molar-refractivity contribution in [2.24, 2.45) is 0 Å². The fourth-order valence-electron chi connectivity index (χ4n) is 4.00. The molecule has 1 N–H and O–H groups in total. The molecule has 1 aromatic carbocycles. The number of hydrogen-bond acceptors (Lipinski definition) is 7. The Morgan fingerprint density at radius 1 is 1.21 bits per heavy atom. The van der Waals surface area contributed by atoms with E-state index < -0.39 is 0 Å². The van der Waals surface area contributed by atoms with Crippen molar-refractivity contribution < 1.29 is 14.3 Å². The van der Waals surface area contributed by atoms with Crippen molar-refractivity contribution in [3.63, 3.8) is 0 Å². The van der Waals surface area contributed by atoms with Gasteiger partial charge in [0.2, 0.25) is 5.91 Å². The molecule has 174 valence electrons. The summed E-state index contributed by atoms with van der Waals surface area (Å²) in [4.78, 5) is 32.9. The van der Waals surface area contributed by atoms with Gasteiger partial charge in [0, 0.05) is 35.3 Å². The van der Waals surface area contributed by atoms with Gasteiger partial charge in [0.05, 0.1) is 25.4 Å². The number of carbonyl (C=O) groups is 1. The monoisotopic (exact) mass is 485 g/mol. The maximum atomic E-state index is 13.4. The Labute approximate surface area is 200 Å². The molecule has 33 heavy (non-hydrogen) atoms. The van der Waals surface area contributed by atoms with E-state index in [1.165, 1.54) is 28.6 Å². The normalized spacial score (nSPS) is 13.3. The molecule has 0 saturated heterocycles. The average molecular weight is 486 g/mol. The fourth-order valence-corrected chi connectivity index (χ4v) is 6.11. The van der Waals surface area contributed by atoms with Crippen molar-refractivity contribution in [1.82, 2.24) is 9.55 Å². The minimum Gasteiger partial charge on any atom is -0.497 e. The highest BCUT2D eigenvalue weighted by molar-refractivity contribution is 7.99. The van der Waals surface area contributed by atoms with Gasteiger partial charge in [-0.05, 0) is 31.2 Å². The van der Waals surface area contributed by atoms with Crippen LogP contribution in [-0.2, 0) is 24.2 Å². The smallest absolute Gasteiger partial charge is 0.263 e. The molecular formula is C24H27N3O4S2. The van der Waals surface area contributed by atoms with E-state index in [-0.39, 0.29) is 17.2 Å². The number of nitrogens with one attached hydrogen (secondary N) is 1. The van der Waals surface area contributed by atoms with Crippen LogP contribution in [0.5, 0.6) is 11.5 Å². The molecule has 2 heterocycles. The van der Waals surface area contributed by atoms with Crippen LogP contribution in [0.1, 0.15) is 29.7 Å². The van der Waals surface area contributed by atoms with Gasteiger partial charge in [0.15, 0.2) is 5.16 Å². The highest BCUT2D eigenvalue weighted by atomic mass is 32.2. The van der Waals surface area contributed by atoms with Crippen LogP contribution in [0.2, 0.25) is 0 Å². The molecule has 1 aliphatic rings. The van der Waals surface area contributed by atoms with Crippen molar-refractivity contribution in [1.29, 1.82) is 0 Å². The van der Waals surface area contributed by atoms with Crippen LogP contribution < -0.4 is 20.3 Å². The number of hydrogen-bond donors (Lipinski definition) is 1. The molecule has 0 radical (unpaired) electrons. The molecule has 3 aromatic rings. The first-order chi connectivity index (χ1) is 16.0. The number of thioether (sulfide) groups is 1. The van der Waals surface area contributed by atoms with Crippen molar-refractivity contribution in [2.45, 2.75) is 43.8 Å². The zero-order chi connectivity index (χ0) is 23.4. The van der Waals surface area contributed by atoms with Crippen LogP contribution >= 0.6 is 23.1 Å². The number of benzene rings is 1. The van der Waals surface area contributed by atoms with E-state index in [9.17, 15) is 9.59 Å². The van der Waals surface area contributed by atoms with Crippen LogP contribution in [0.15, 0.2) is 40.8 Å². The van der Waals surface area contributed by atoms with E-state index in [1.807, 2.05) is 0 Å². The number of fused-ring (bicyclic) bond motifs is 3. The first kappa shape index (κ1) is 23.4. The second-order valence-electron chi connectivity index (χ2n) is 7.78. The molecule has 0 spiro atoms. The Bertz CT molecular complexity index is 1230. The zero-order valence-electron chi connectivity index (χ0n) is 18.8. The second-order valence-corrected chi connectivity index (χ2v) is 9.81. The molecule has 0 atom stereocenters. The van der Waals surface area contributed by atoms with Gasteiger partial charge in [0.1, 0.15) is 16.3 Å². The molecule has 4 rings (SSSR count). The second kappa shape index (κ2) is 10.4. The Balaban J connectivity index is 1.58. The fraction of sp³-hybridized carbons (Fsp3) is 0.375. The highest BCUT2D eigenvalue weighted by Gasteiger charge is 2.21. The lowest BCUT2D eigenvalue weighted by atomic mass is 10.1. The molecule has 0 unspecified atom stereocenters. The number of amides is 1. The number of rotatable bonds is 8. The Morgan fingerprint density at radius 2 is 1.94 bits per heavy atom. The van der Waals surface area contributed by atoms with Crippen molar-refractivity contribution in [2.75, 3.05) is 25.3 Å². The number of methoxy groups -OCH3 is 2.